The number of aromatic nitrogens is 3. The second kappa shape index (κ2) is 8.25. The SMILES string of the molecule is CCc1nc(C(=O)NN2C(=O)NC(C)(c3ccccc3)C2=O)nn1-c1c(Cl)cccc1Cl. The Labute approximate surface area is 193 Å². The molecule has 0 saturated carbocycles. The van der Waals surface area contributed by atoms with Gasteiger partial charge in [-0.1, -0.05) is 66.5 Å². The summed E-state index contributed by atoms with van der Waals surface area (Å²) in [6, 6.07) is 12.9. The molecule has 1 fully saturated rings. The Hall–Kier alpha value is -3.43. The van der Waals surface area contributed by atoms with Crippen LogP contribution in [0.2, 0.25) is 10.0 Å². The first-order valence-corrected chi connectivity index (χ1v) is 10.5. The Morgan fingerprint density at radius 1 is 1.09 bits per heavy atom. The Bertz CT molecular complexity index is 1210. The monoisotopic (exact) mass is 472 g/mol. The van der Waals surface area contributed by atoms with Crippen LogP contribution in [0.5, 0.6) is 0 Å². The fraction of sp³-hybridized carbons (Fsp3) is 0.190. The summed E-state index contributed by atoms with van der Waals surface area (Å²) >= 11 is 12.5. The van der Waals surface area contributed by atoms with Crippen molar-refractivity contribution in [3.63, 3.8) is 0 Å². The predicted octanol–water partition coefficient (Wildman–Crippen LogP) is 3.25. The molecule has 2 N–H and O–H groups in total. The van der Waals surface area contributed by atoms with E-state index in [-0.39, 0.29) is 5.82 Å². The van der Waals surface area contributed by atoms with Crippen molar-refractivity contribution >= 4 is 41.0 Å². The van der Waals surface area contributed by atoms with Crippen LogP contribution in [0.1, 0.15) is 35.9 Å². The molecule has 0 radical (unpaired) electrons. The van der Waals surface area contributed by atoms with Crippen LogP contribution < -0.4 is 10.7 Å². The topological polar surface area (TPSA) is 109 Å². The molecular weight excluding hydrogens is 455 g/mol. The van der Waals surface area contributed by atoms with E-state index < -0.39 is 23.4 Å². The van der Waals surface area contributed by atoms with Gasteiger partial charge in [0.1, 0.15) is 17.1 Å². The number of carbonyl (C=O) groups is 3. The van der Waals surface area contributed by atoms with Crippen molar-refractivity contribution in [3.05, 3.63) is 75.8 Å². The number of amides is 4. The molecule has 3 aromatic rings. The number of hydrogen-bond donors (Lipinski definition) is 2. The number of benzene rings is 2. The quantitative estimate of drug-likeness (QED) is 0.553. The number of carbonyl (C=O) groups excluding carboxylic acids is 3. The lowest BCUT2D eigenvalue weighted by atomic mass is 9.92. The van der Waals surface area contributed by atoms with Crippen LogP contribution in [-0.2, 0) is 16.8 Å². The van der Waals surface area contributed by atoms with Crippen LogP contribution in [0.15, 0.2) is 48.5 Å². The van der Waals surface area contributed by atoms with Crippen molar-refractivity contribution in [2.75, 3.05) is 0 Å². The highest BCUT2D eigenvalue weighted by molar-refractivity contribution is 6.37. The minimum absolute atomic E-state index is 0.244. The number of hydrogen-bond acceptors (Lipinski definition) is 5. The molecular formula is C21H18Cl2N6O3. The molecule has 2 aromatic carbocycles. The molecule has 1 aromatic heterocycles. The van der Waals surface area contributed by atoms with Crippen molar-refractivity contribution in [1.29, 1.82) is 0 Å². The van der Waals surface area contributed by atoms with Gasteiger partial charge in [-0.25, -0.2) is 19.9 Å². The fourth-order valence-corrected chi connectivity index (χ4v) is 3.96. The summed E-state index contributed by atoms with van der Waals surface area (Å²) in [4.78, 5) is 42.5. The molecule has 4 rings (SSSR count). The maximum atomic E-state index is 13.0. The number of hydrazine groups is 1. The normalized spacial score (nSPS) is 18.1. The van der Waals surface area contributed by atoms with Crippen LogP contribution in [0, 0.1) is 0 Å². The minimum Gasteiger partial charge on any atom is -0.318 e. The molecule has 0 bridgehead atoms. The van der Waals surface area contributed by atoms with Crippen molar-refractivity contribution < 1.29 is 14.4 Å². The zero-order chi connectivity index (χ0) is 23.0. The average molecular weight is 473 g/mol. The molecule has 0 aliphatic carbocycles. The number of nitrogens with zero attached hydrogens (tertiary/aromatic N) is 4. The summed E-state index contributed by atoms with van der Waals surface area (Å²) in [7, 11) is 0. The lowest BCUT2D eigenvalue weighted by Crippen LogP contribution is -2.48. The third-order valence-corrected chi connectivity index (χ3v) is 5.71. The molecule has 32 heavy (non-hydrogen) atoms. The molecule has 2 heterocycles. The lowest BCUT2D eigenvalue weighted by molar-refractivity contribution is -0.132. The number of aryl methyl sites for hydroxylation is 1. The maximum absolute atomic E-state index is 13.0. The van der Waals surface area contributed by atoms with Gasteiger partial charge in [0.05, 0.1) is 10.0 Å². The molecule has 1 aliphatic heterocycles. The molecule has 4 amide bonds. The van der Waals surface area contributed by atoms with E-state index in [1.54, 1.807) is 55.5 Å². The van der Waals surface area contributed by atoms with Crippen LogP contribution in [-0.4, -0.2) is 37.6 Å². The number of rotatable bonds is 5. The number of nitrogens with one attached hydrogen (secondary N) is 2. The van der Waals surface area contributed by atoms with E-state index in [4.69, 9.17) is 23.2 Å². The van der Waals surface area contributed by atoms with Crippen LogP contribution in [0.4, 0.5) is 4.79 Å². The van der Waals surface area contributed by atoms with E-state index in [1.165, 1.54) is 4.68 Å². The van der Waals surface area contributed by atoms with Gasteiger partial charge in [0.2, 0.25) is 5.82 Å². The van der Waals surface area contributed by atoms with Gasteiger partial charge in [-0.3, -0.25) is 9.59 Å². The summed E-state index contributed by atoms with van der Waals surface area (Å²) in [6.07, 6.45) is 0.428. The predicted molar refractivity (Wildman–Crippen MR) is 117 cm³/mol. The van der Waals surface area contributed by atoms with Crippen molar-refractivity contribution in [2.24, 2.45) is 0 Å². The second-order valence-electron chi connectivity index (χ2n) is 7.19. The zero-order valence-electron chi connectivity index (χ0n) is 17.1. The van der Waals surface area contributed by atoms with E-state index >= 15 is 0 Å². The third kappa shape index (κ3) is 3.59. The Balaban J connectivity index is 1.62. The van der Waals surface area contributed by atoms with Gasteiger partial charge in [-0.05, 0) is 24.6 Å². The number of para-hydroxylation sites is 1. The third-order valence-electron chi connectivity index (χ3n) is 5.10. The Morgan fingerprint density at radius 3 is 2.38 bits per heavy atom. The fourth-order valence-electron chi connectivity index (χ4n) is 3.40. The number of halogens is 2. The van der Waals surface area contributed by atoms with E-state index in [9.17, 15) is 14.4 Å². The van der Waals surface area contributed by atoms with E-state index in [0.717, 1.165) is 0 Å². The molecule has 9 nitrogen and oxygen atoms in total. The van der Waals surface area contributed by atoms with Gasteiger partial charge < -0.3 is 5.32 Å². The first-order chi connectivity index (χ1) is 15.3. The van der Waals surface area contributed by atoms with Gasteiger partial charge in [-0.2, -0.15) is 5.01 Å². The van der Waals surface area contributed by atoms with Gasteiger partial charge in [0.15, 0.2) is 0 Å². The van der Waals surface area contributed by atoms with E-state index in [1.807, 2.05) is 6.92 Å². The highest BCUT2D eigenvalue weighted by Gasteiger charge is 2.50. The molecule has 1 saturated heterocycles. The Kier molecular flexibility index (Phi) is 5.62. The average Bonchev–Trinajstić information content (AvgIpc) is 3.29. The zero-order valence-corrected chi connectivity index (χ0v) is 18.6. The first kappa shape index (κ1) is 21.8. The lowest BCUT2D eigenvalue weighted by Gasteiger charge is -2.21. The molecule has 1 aliphatic rings. The first-order valence-electron chi connectivity index (χ1n) is 9.69. The Morgan fingerprint density at radius 2 is 1.75 bits per heavy atom. The van der Waals surface area contributed by atoms with Crippen LogP contribution in [0.25, 0.3) is 5.69 Å². The molecule has 1 unspecified atom stereocenters. The van der Waals surface area contributed by atoms with E-state index in [2.05, 4.69) is 20.8 Å². The smallest absolute Gasteiger partial charge is 0.318 e. The largest absolute Gasteiger partial charge is 0.344 e. The van der Waals surface area contributed by atoms with Gasteiger partial charge >= 0.3 is 11.9 Å². The van der Waals surface area contributed by atoms with Crippen molar-refractivity contribution in [3.8, 4) is 5.69 Å². The highest BCUT2D eigenvalue weighted by atomic mass is 35.5. The molecule has 164 valence electrons. The van der Waals surface area contributed by atoms with Crippen molar-refractivity contribution in [1.82, 2.24) is 30.5 Å². The van der Waals surface area contributed by atoms with Gasteiger partial charge in [0.25, 0.3) is 5.91 Å². The molecule has 0 spiro atoms. The summed E-state index contributed by atoms with van der Waals surface area (Å²) in [5.74, 6) is -1.28. The number of imide groups is 1. The summed E-state index contributed by atoms with van der Waals surface area (Å²) in [5.41, 5.74) is 1.94. The van der Waals surface area contributed by atoms with Crippen LogP contribution >= 0.6 is 23.2 Å². The second-order valence-corrected chi connectivity index (χ2v) is 8.00. The van der Waals surface area contributed by atoms with Gasteiger partial charge in [0, 0.05) is 6.42 Å². The highest BCUT2D eigenvalue weighted by Crippen LogP contribution is 2.29. The van der Waals surface area contributed by atoms with Crippen molar-refractivity contribution in [2.45, 2.75) is 25.8 Å². The molecule has 1 atom stereocenters. The molecule has 11 heteroatoms. The van der Waals surface area contributed by atoms with E-state index in [0.29, 0.717) is 38.6 Å². The summed E-state index contributed by atoms with van der Waals surface area (Å²) in [6.45, 7) is 3.39. The summed E-state index contributed by atoms with van der Waals surface area (Å²) < 4.78 is 1.37. The minimum atomic E-state index is -1.32. The van der Waals surface area contributed by atoms with Gasteiger partial charge in [-0.15, -0.1) is 5.10 Å². The standard InChI is InChI=1S/C21H18Cl2N6O3/c1-3-15-24-17(26-28(15)16-13(22)10-7-11-14(16)23)18(30)27-29-19(31)21(2,25-20(29)32)12-8-5-4-6-9-12/h4-11H,3H2,1-2H3,(H,25,32)(H,27,30). The summed E-state index contributed by atoms with van der Waals surface area (Å²) in [5, 5.41) is 8.12. The van der Waals surface area contributed by atoms with Crippen LogP contribution in [0.3, 0.4) is 0 Å². The maximum Gasteiger partial charge on any atom is 0.344 e. The number of urea groups is 1.